The SMILES string of the molecule is O=C1N=C(N2CCC3(CC2)OCc2ccccc23)O[C@@]12CCc1ccccc12. The Kier molecular flexibility index (Phi) is 3.30. The summed E-state index contributed by atoms with van der Waals surface area (Å²) < 4.78 is 12.5. The van der Waals surface area contributed by atoms with E-state index in [0.29, 0.717) is 19.0 Å². The molecule has 0 unspecified atom stereocenters. The minimum Gasteiger partial charge on any atom is -0.443 e. The van der Waals surface area contributed by atoms with Gasteiger partial charge in [0.2, 0.25) is 5.60 Å². The van der Waals surface area contributed by atoms with E-state index in [1.54, 1.807) is 0 Å². The number of rotatable bonds is 0. The van der Waals surface area contributed by atoms with Crippen LogP contribution in [0.5, 0.6) is 0 Å². The maximum absolute atomic E-state index is 12.9. The second kappa shape index (κ2) is 5.67. The first-order chi connectivity index (χ1) is 13.7. The van der Waals surface area contributed by atoms with Crippen LogP contribution < -0.4 is 0 Å². The number of hydrogen-bond donors (Lipinski definition) is 0. The molecule has 1 fully saturated rings. The third kappa shape index (κ3) is 2.11. The molecule has 0 bridgehead atoms. The minimum absolute atomic E-state index is 0.157. The summed E-state index contributed by atoms with van der Waals surface area (Å²) in [4.78, 5) is 19.3. The Morgan fingerprint density at radius 2 is 1.61 bits per heavy atom. The van der Waals surface area contributed by atoms with Crippen molar-refractivity contribution in [2.24, 2.45) is 4.99 Å². The Hall–Kier alpha value is -2.66. The molecular formula is C23H22N2O3. The Morgan fingerprint density at radius 3 is 2.43 bits per heavy atom. The first-order valence-corrected chi connectivity index (χ1v) is 10.1. The highest BCUT2D eigenvalue weighted by molar-refractivity contribution is 6.02. The van der Waals surface area contributed by atoms with Gasteiger partial charge in [-0.1, -0.05) is 48.5 Å². The predicted molar refractivity (Wildman–Crippen MR) is 104 cm³/mol. The van der Waals surface area contributed by atoms with Crippen LogP contribution in [0.3, 0.4) is 0 Å². The van der Waals surface area contributed by atoms with E-state index in [0.717, 1.165) is 37.9 Å². The van der Waals surface area contributed by atoms with E-state index in [-0.39, 0.29) is 11.5 Å². The van der Waals surface area contributed by atoms with Crippen LogP contribution in [0.4, 0.5) is 0 Å². The quantitative estimate of drug-likeness (QED) is 0.710. The number of likely N-dealkylation sites (tertiary alicyclic amines) is 1. The second-order valence-corrected chi connectivity index (χ2v) is 8.21. The summed E-state index contributed by atoms with van der Waals surface area (Å²) >= 11 is 0. The van der Waals surface area contributed by atoms with E-state index in [9.17, 15) is 4.79 Å². The van der Waals surface area contributed by atoms with E-state index >= 15 is 0 Å². The maximum atomic E-state index is 12.9. The lowest BCUT2D eigenvalue weighted by Crippen LogP contribution is -2.46. The zero-order valence-corrected chi connectivity index (χ0v) is 15.7. The van der Waals surface area contributed by atoms with Crippen molar-refractivity contribution in [1.29, 1.82) is 0 Å². The number of hydrogen-bond acceptors (Lipinski definition) is 4. The molecule has 2 spiro atoms. The van der Waals surface area contributed by atoms with Crippen molar-refractivity contribution in [2.45, 2.75) is 43.5 Å². The number of carbonyl (C=O) groups excluding carboxylic acids is 1. The molecule has 2 aromatic carbocycles. The van der Waals surface area contributed by atoms with Gasteiger partial charge in [-0.05, 0) is 36.0 Å². The molecule has 4 aliphatic rings. The normalized spacial score (nSPS) is 27.1. The van der Waals surface area contributed by atoms with Gasteiger partial charge in [0.05, 0.1) is 12.2 Å². The van der Waals surface area contributed by atoms with Crippen LogP contribution in [0.15, 0.2) is 53.5 Å². The summed E-state index contributed by atoms with van der Waals surface area (Å²) in [7, 11) is 0. The molecule has 3 aliphatic heterocycles. The molecule has 6 rings (SSSR count). The minimum atomic E-state index is -0.905. The number of fused-ring (bicyclic) bond motifs is 4. The molecular weight excluding hydrogens is 352 g/mol. The monoisotopic (exact) mass is 374 g/mol. The number of carbonyl (C=O) groups is 1. The Bertz CT molecular complexity index is 1010. The topological polar surface area (TPSA) is 51.1 Å². The number of amides is 1. The molecule has 1 amide bonds. The molecule has 142 valence electrons. The summed E-state index contributed by atoms with van der Waals surface area (Å²) in [6.45, 7) is 2.24. The highest BCUT2D eigenvalue weighted by atomic mass is 16.5. The van der Waals surface area contributed by atoms with E-state index < -0.39 is 5.60 Å². The van der Waals surface area contributed by atoms with E-state index in [1.807, 2.05) is 18.2 Å². The molecule has 1 saturated heterocycles. The van der Waals surface area contributed by atoms with Crippen molar-refractivity contribution < 1.29 is 14.3 Å². The van der Waals surface area contributed by atoms with Gasteiger partial charge in [0.1, 0.15) is 0 Å². The number of piperidine rings is 1. The van der Waals surface area contributed by atoms with Crippen LogP contribution in [0.2, 0.25) is 0 Å². The zero-order valence-electron chi connectivity index (χ0n) is 15.7. The highest BCUT2D eigenvalue weighted by Crippen LogP contribution is 2.47. The average Bonchev–Trinajstić information content (AvgIpc) is 3.40. The van der Waals surface area contributed by atoms with Crippen molar-refractivity contribution >= 4 is 11.9 Å². The molecule has 3 heterocycles. The standard InChI is InChI=1S/C23H22N2O3/c26-20-23(10-9-16-5-1-4-8-19(16)23)28-21(24-20)25-13-11-22(12-14-25)18-7-3-2-6-17(18)15-27-22/h1-8H,9-15H2/t23-/m1/s1. The Morgan fingerprint density at radius 1 is 0.893 bits per heavy atom. The van der Waals surface area contributed by atoms with Crippen molar-refractivity contribution in [2.75, 3.05) is 13.1 Å². The third-order valence-electron chi connectivity index (χ3n) is 6.86. The number of nitrogens with zero attached hydrogens (tertiary/aromatic N) is 2. The lowest BCUT2D eigenvalue weighted by Gasteiger charge is -2.39. The summed E-state index contributed by atoms with van der Waals surface area (Å²) in [6.07, 6.45) is 3.29. The van der Waals surface area contributed by atoms with Gasteiger partial charge in [-0.25, -0.2) is 0 Å². The molecule has 5 heteroatoms. The van der Waals surface area contributed by atoms with Gasteiger partial charge in [-0.2, -0.15) is 4.99 Å². The lowest BCUT2D eigenvalue weighted by atomic mass is 9.84. The molecule has 0 saturated carbocycles. The van der Waals surface area contributed by atoms with Gasteiger partial charge in [-0.3, -0.25) is 4.79 Å². The fraction of sp³-hybridized carbons (Fsp3) is 0.391. The van der Waals surface area contributed by atoms with E-state index in [4.69, 9.17) is 9.47 Å². The number of benzene rings is 2. The zero-order chi connectivity index (χ0) is 18.8. The molecule has 1 atom stereocenters. The molecule has 28 heavy (non-hydrogen) atoms. The van der Waals surface area contributed by atoms with E-state index in [2.05, 4.69) is 40.2 Å². The van der Waals surface area contributed by atoms with Crippen LogP contribution in [0.25, 0.3) is 0 Å². The number of amidine groups is 1. The Labute approximate surface area is 164 Å². The third-order valence-corrected chi connectivity index (χ3v) is 6.86. The van der Waals surface area contributed by atoms with Crippen LogP contribution in [0, 0.1) is 0 Å². The fourth-order valence-electron chi connectivity index (χ4n) is 5.30. The summed E-state index contributed by atoms with van der Waals surface area (Å²) in [5.41, 5.74) is 3.69. The van der Waals surface area contributed by atoms with Gasteiger partial charge < -0.3 is 14.4 Å². The molecule has 0 aromatic heterocycles. The summed E-state index contributed by atoms with van der Waals surface area (Å²) in [5, 5.41) is 0. The van der Waals surface area contributed by atoms with Gasteiger partial charge in [0.25, 0.3) is 11.9 Å². The number of ether oxygens (including phenoxy) is 2. The van der Waals surface area contributed by atoms with Gasteiger partial charge >= 0.3 is 0 Å². The van der Waals surface area contributed by atoms with Crippen molar-refractivity contribution in [3.05, 3.63) is 70.8 Å². The molecule has 0 N–H and O–H groups in total. The first kappa shape index (κ1) is 16.3. The van der Waals surface area contributed by atoms with Gasteiger partial charge in [0, 0.05) is 25.1 Å². The number of aliphatic imine (C=N–C) groups is 1. The first-order valence-electron chi connectivity index (χ1n) is 10.1. The lowest BCUT2D eigenvalue weighted by molar-refractivity contribution is -0.132. The van der Waals surface area contributed by atoms with Gasteiger partial charge in [0.15, 0.2) is 0 Å². The Balaban J connectivity index is 1.23. The van der Waals surface area contributed by atoms with Crippen LogP contribution in [-0.4, -0.2) is 29.9 Å². The molecule has 2 aromatic rings. The van der Waals surface area contributed by atoms with Crippen LogP contribution in [0.1, 0.15) is 41.5 Å². The number of aryl methyl sites for hydroxylation is 1. The average molecular weight is 374 g/mol. The predicted octanol–water partition coefficient (Wildman–Crippen LogP) is 3.26. The maximum Gasteiger partial charge on any atom is 0.299 e. The van der Waals surface area contributed by atoms with Crippen molar-refractivity contribution in [3.63, 3.8) is 0 Å². The summed E-state index contributed by atoms with van der Waals surface area (Å²) in [5.74, 6) is -0.157. The fourth-order valence-corrected chi connectivity index (χ4v) is 5.30. The van der Waals surface area contributed by atoms with Crippen LogP contribution in [-0.2, 0) is 38.5 Å². The van der Waals surface area contributed by atoms with Crippen molar-refractivity contribution in [3.8, 4) is 0 Å². The molecule has 5 nitrogen and oxygen atoms in total. The smallest absolute Gasteiger partial charge is 0.299 e. The largest absolute Gasteiger partial charge is 0.443 e. The summed E-state index contributed by atoms with van der Waals surface area (Å²) in [6, 6.07) is 17.1. The highest BCUT2D eigenvalue weighted by Gasteiger charge is 2.54. The van der Waals surface area contributed by atoms with Gasteiger partial charge in [-0.15, -0.1) is 0 Å². The van der Waals surface area contributed by atoms with Crippen LogP contribution >= 0.6 is 0 Å². The van der Waals surface area contributed by atoms with E-state index in [1.165, 1.54) is 16.7 Å². The second-order valence-electron chi connectivity index (χ2n) is 8.21. The molecule has 0 radical (unpaired) electrons. The molecule has 1 aliphatic carbocycles. The van der Waals surface area contributed by atoms with Crippen molar-refractivity contribution in [1.82, 2.24) is 4.90 Å².